The minimum atomic E-state index is -1.07. The first-order valence-electron chi connectivity index (χ1n) is 9.37. The van der Waals surface area contributed by atoms with Gasteiger partial charge in [0.05, 0.1) is 12.7 Å². The topological polar surface area (TPSA) is 32.7 Å². The van der Waals surface area contributed by atoms with Gasteiger partial charge >= 0.3 is 0 Å². The molecule has 2 aliphatic rings. The van der Waals surface area contributed by atoms with E-state index in [1.807, 2.05) is 12.1 Å². The molecule has 2 bridgehead atoms. The van der Waals surface area contributed by atoms with Crippen LogP contribution >= 0.6 is 0 Å². The van der Waals surface area contributed by atoms with Gasteiger partial charge < -0.3 is 9.84 Å². The Bertz CT molecular complexity index is 792. The van der Waals surface area contributed by atoms with Gasteiger partial charge in [0.2, 0.25) is 0 Å². The number of benzene rings is 2. The smallest absolute Gasteiger partial charge is 0.129 e. The average Bonchev–Trinajstić information content (AvgIpc) is 2.86. The predicted molar refractivity (Wildman–Crippen MR) is 99.6 cm³/mol. The zero-order valence-electron chi connectivity index (χ0n) is 15.4. The molecule has 2 fully saturated rings. The number of methoxy groups -OCH3 is 1. The van der Waals surface area contributed by atoms with Gasteiger partial charge in [-0.3, -0.25) is 4.90 Å². The number of nitrogens with zero attached hydrogens (tertiary/aromatic N) is 1. The van der Waals surface area contributed by atoms with E-state index in [1.54, 1.807) is 19.2 Å². The highest BCUT2D eigenvalue weighted by atomic mass is 19.1. The molecule has 2 heterocycles. The maximum atomic E-state index is 14.3. The van der Waals surface area contributed by atoms with Gasteiger partial charge in [-0.15, -0.1) is 0 Å². The van der Waals surface area contributed by atoms with Crippen molar-refractivity contribution in [1.82, 2.24) is 4.90 Å². The number of piperidine rings is 1. The lowest BCUT2D eigenvalue weighted by atomic mass is 9.80. The number of aryl methyl sites for hydroxylation is 1. The average molecular weight is 355 g/mol. The first-order chi connectivity index (χ1) is 12.5. The van der Waals surface area contributed by atoms with Crippen molar-refractivity contribution < 1.29 is 14.2 Å². The van der Waals surface area contributed by atoms with E-state index in [2.05, 4.69) is 24.0 Å². The van der Waals surface area contributed by atoms with Crippen molar-refractivity contribution in [2.24, 2.45) is 0 Å². The van der Waals surface area contributed by atoms with Crippen LogP contribution in [0.2, 0.25) is 0 Å². The summed E-state index contributed by atoms with van der Waals surface area (Å²) in [4.78, 5) is 2.48. The van der Waals surface area contributed by atoms with Crippen molar-refractivity contribution in [3.8, 4) is 5.75 Å². The van der Waals surface area contributed by atoms with Crippen LogP contribution in [0.15, 0.2) is 42.5 Å². The van der Waals surface area contributed by atoms with Crippen LogP contribution in [0.1, 0.15) is 42.4 Å². The van der Waals surface area contributed by atoms with Gasteiger partial charge in [-0.1, -0.05) is 35.9 Å². The van der Waals surface area contributed by atoms with Crippen molar-refractivity contribution in [3.63, 3.8) is 0 Å². The Hall–Kier alpha value is -1.91. The quantitative estimate of drug-likeness (QED) is 0.894. The molecule has 2 aliphatic heterocycles. The van der Waals surface area contributed by atoms with Crippen LogP contribution < -0.4 is 4.74 Å². The number of halogens is 1. The fraction of sp³-hybridized carbons (Fsp3) is 0.455. The third-order valence-corrected chi connectivity index (χ3v) is 6.08. The minimum absolute atomic E-state index is 0.267. The Morgan fingerprint density at radius 2 is 1.85 bits per heavy atom. The summed E-state index contributed by atoms with van der Waals surface area (Å²) < 4.78 is 19.8. The van der Waals surface area contributed by atoms with Crippen LogP contribution in [0.5, 0.6) is 5.75 Å². The molecule has 0 spiro atoms. The van der Waals surface area contributed by atoms with E-state index in [4.69, 9.17) is 4.74 Å². The first-order valence-corrected chi connectivity index (χ1v) is 9.37. The maximum absolute atomic E-state index is 14.3. The summed E-state index contributed by atoms with van der Waals surface area (Å²) in [6.45, 7) is 2.90. The van der Waals surface area contributed by atoms with Crippen LogP contribution in [0.25, 0.3) is 0 Å². The molecule has 0 radical (unpaired) electrons. The second-order valence-corrected chi connectivity index (χ2v) is 7.79. The number of rotatable bonds is 4. The normalized spacial score (nSPS) is 28.3. The number of ether oxygens (including phenoxy) is 1. The third-order valence-electron chi connectivity index (χ3n) is 6.08. The maximum Gasteiger partial charge on any atom is 0.129 e. The summed E-state index contributed by atoms with van der Waals surface area (Å²) >= 11 is 0. The minimum Gasteiger partial charge on any atom is -0.496 e. The lowest BCUT2D eigenvalue weighted by molar-refractivity contribution is -0.0616. The first kappa shape index (κ1) is 17.5. The Morgan fingerprint density at radius 1 is 1.15 bits per heavy atom. The SMILES string of the molecule is COc1ccc(C)cc1CN1[C@H]2CC[C@H]1CC(O)(c1ccccc1F)C2. The van der Waals surface area contributed by atoms with E-state index in [0.29, 0.717) is 18.4 Å². The molecule has 4 heteroatoms. The van der Waals surface area contributed by atoms with E-state index in [9.17, 15) is 9.50 Å². The van der Waals surface area contributed by atoms with Crippen molar-refractivity contribution in [1.29, 1.82) is 0 Å². The van der Waals surface area contributed by atoms with Gasteiger partial charge in [-0.05, 0) is 44.7 Å². The number of aliphatic hydroxyl groups is 1. The monoisotopic (exact) mass is 355 g/mol. The van der Waals surface area contributed by atoms with Crippen molar-refractivity contribution in [2.75, 3.05) is 7.11 Å². The van der Waals surface area contributed by atoms with Crippen molar-refractivity contribution in [3.05, 3.63) is 65.0 Å². The highest BCUT2D eigenvalue weighted by molar-refractivity contribution is 5.37. The van der Waals surface area contributed by atoms with Crippen molar-refractivity contribution >= 4 is 0 Å². The molecule has 26 heavy (non-hydrogen) atoms. The lowest BCUT2D eigenvalue weighted by Crippen LogP contribution is -2.49. The van der Waals surface area contributed by atoms with Gasteiger partial charge in [-0.25, -0.2) is 4.39 Å². The van der Waals surface area contributed by atoms with E-state index >= 15 is 0 Å². The highest BCUT2D eigenvalue weighted by Gasteiger charge is 2.49. The Morgan fingerprint density at radius 3 is 2.50 bits per heavy atom. The van der Waals surface area contributed by atoms with Crippen LogP contribution in [-0.4, -0.2) is 29.2 Å². The zero-order valence-corrected chi connectivity index (χ0v) is 15.4. The largest absolute Gasteiger partial charge is 0.496 e. The second-order valence-electron chi connectivity index (χ2n) is 7.79. The lowest BCUT2D eigenvalue weighted by Gasteiger charge is -2.44. The second kappa shape index (κ2) is 6.67. The molecule has 2 aromatic rings. The highest BCUT2D eigenvalue weighted by Crippen LogP contribution is 2.47. The number of fused-ring (bicyclic) bond motifs is 2. The molecule has 2 atom stereocenters. The molecule has 0 aliphatic carbocycles. The molecule has 2 aromatic carbocycles. The molecule has 0 amide bonds. The molecule has 4 rings (SSSR count). The van der Waals surface area contributed by atoms with Crippen LogP contribution in [0, 0.1) is 12.7 Å². The summed E-state index contributed by atoms with van der Waals surface area (Å²) in [5.41, 5.74) is 1.78. The molecule has 0 unspecified atom stereocenters. The molecule has 1 N–H and O–H groups in total. The van der Waals surface area contributed by atoms with Crippen LogP contribution in [0.3, 0.4) is 0 Å². The van der Waals surface area contributed by atoms with Crippen molar-refractivity contribution in [2.45, 2.75) is 56.8 Å². The van der Waals surface area contributed by atoms with Crippen LogP contribution in [-0.2, 0) is 12.1 Å². The van der Waals surface area contributed by atoms with Gasteiger partial charge in [0.15, 0.2) is 0 Å². The van der Waals surface area contributed by atoms with Gasteiger partial charge in [0, 0.05) is 29.8 Å². The summed E-state index contributed by atoms with van der Waals surface area (Å²) in [6.07, 6.45) is 3.27. The van der Waals surface area contributed by atoms with Gasteiger partial charge in [0.25, 0.3) is 0 Å². The summed E-state index contributed by atoms with van der Waals surface area (Å²) in [7, 11) is 1.70. The third kappa shape index (κ3) is 3.01. The van der Waals surface area contributed by atoms with E-state index in [-0.39, 0.29) is 17.9 Å². The molecule has 2 saturated heterocycles. The standard InChI is InChI=1S/C22H26FNO2/c1-15-7-10-21(26-2)16(11-15)14-24-17-8-9-18(24)13-22(25,12-17)19-5-3-4-6-20(19)23/h3-7,10-11,17-18,25H,8-9,12-14H2,1-2H3/t17-,18-/m0/s1. The molecule has 0 saturated carbocycles. The van der Waals surface area contributed by atoms with Gasteiger partial charge in [-0.2, -0.15) is 0 Å². The van der Waals surface area contributed by atoms with E-state index in [0.717, 1.165) is 25.1 Å². The molecular weight excluding hydrogens is 329 g/mol. The molecule has 3 nitrogen and oxygen atoms in total. The fourth-order valence-corrected chi connectivity index (χ4v) is 4.86. The summed E-state index contributed by atoms with van der Waals surface area (Å²) in [5, 5.41) is 11.2. The van der Waals surface area contributed by atoms with E-state index < -0.39 is 5.60 Å². The summed E-state index contributed by atoms with van der Waals surface area (Å²) in [6, 6.07) is 13.4. The Balaban J connectivity index is 1.58. The number of hydrogen-bond acceptors (Lipinski definition) is 3. The molecular formula is C22H26FNO2. The molecule has 0 aromatic heterocycles. The van der Waals surface area contributed by atoms with Gasteiger partial charge in [0.1, 0.15) is 11.6 Å². The Kier molecular flexibility index (Phi) is 4.49. The fourth-order valence-electron chi connectivity index (χ4n) is 4.86. The summed E-state index contributed by atoms with van der Waals surface area (Å²) in [5.74, 6) is 0.605. The zero-order chi connectivity index (χ0) is 18.3. The molecule has 138 valence electrons. The van der Waals surface area contributed by atoms with E-state index in [1.165, 1.54) is 17.2 Å². The Labute approximate surface area is 154 Å². The predicted octanol–water partition coefficient (Wildman–Crippen LogP) is 4.16. The van der Waals surface area contributed by atoms with Crippen LogP contribution in [0.4, 0.5) is 4.39 Å². The number of hydrogen-bond donors (Lipinski definition) is 1.